The molecule has 0 aliphatic carbocycles. The Morgan fingerprint density at radius 2 is 1.89 bits per heavy atom. The predicted octanol–water partition coefficient (Wildman–Crippen LogP) is 2.41. The fraction of sp³-hybridized carbons (Fsp3) is 0.414. The molecule has 1 fully saturated rings. The van der Waals surface area contributed by atoms with Crippen LogP contribution in [-0.4, -0.2) is 93.5 Å². The Bertz CT molecular complexity index is 1700. The van der Waals surface area contributed by atoms with Crippen molar-refractivity contribution in [1.82, 2.24) is 25.1 Å². The van der Waals surface area contributed by atoms with Crippen molar-refractivity contribution in [3.63, 3.8) is 0 Å². The van der Waals surface area contributed by atoms with E-state index in [0.717, 1.165) is 17.2 Å². The lowest BCUT2D eigenvalue weighted by Gasteiger charge is -2.31. The highest BCUT2D eigenvalue weighted by Crippen LogP contribution is 2.28. The van der Waals surface area contributed by atoms with Crippen LogP contribution < -0.4 is 20.7 Å². The van der Waals surface area contributed by atoms with Gasteiger partial charge in [-0.15, -0.1) is 0 Å². The van der Waals surface area contributed by atoms with Crippen LogP contribution in [0, 0.1) is 11.8 Å². The Kier molecular flexibility index (Phi) is 10.1. The number of fused-ring (bicyclic) bond motifs is 1. The Balaban J connectivity index is 1.56. The number of nitrogens with one attached hydrogen (secondary N) is 3. The number of likely N-dealkylation sites (N-methyl/N-ethyl adjacent to an activating group) is 1. The molecule has 1 aliphatic heterocycles. The lowest BCUT2D eigenvalue weighted by molar-refractivity contribution is -0.140. The second-order valence-corrected chi connectivity index (χ2v) is 12.4. The summed E-state index contributed by atoms with van der Waals surface area (Å²) in [5, 5.41) is 8.53. The molecule has 0 bridgehead atoms. The molecule has 4 rings (SSSR count). The molecule has 2 heterocycles. The first kappa shape index (κ1) is 32.6. The number of rotatable bonds is 9. The summed E-state index contributed by atoms with van der Waals surface area (Å²) in [5.74, 6) is 5.56. The molecule has 1 aromatic heterocycles. The van der Waals surface area contributed by atoms with Crippen molar-refractivity contribution in [3.8, 4) is 17.6 Å². The van der Waals surface area contributed by atoms with Gasteiger partial charge in [0.2, 0.25) is 5.91 Å². The number of alkyl halides is 3. The van der Waals surface area contributed by atoms with E-state index in [0.29, 0.717) is 42.9 Å². The fourth-order valence-electron chi connectivity index (χ4n) is 4.85. The van der Waals surface area contributed by atoms with Gasteiger partial charge in [-0.2, -0.15) is 13.2 Å². The van der Waals surface area contributed by atoms with E-state index in [1.54, 1.807) is 7.05 Å². The summed E-state index contributed by atoms with van der Waals surface area (Å²) < 4.78 is 70.0. The van der Waals surface area contributed by atoms with Crippen molar-refractivity contribution in [2.75, 3.05) is 51.9 Å². The number of piperidine rings is 1. The van der Waals surface area contributed by atoms with Crippen LogP contribution in [-0.2, 0) is 21.2 Å². The van der Waals surface area contributed by atoms with Crippen molar-refractivity contribution in [2.45, 2.75) is 36.5 Å². The number of nitrogens with zero attached hydrogens (tertiary/aromatic N) is 3. The molecule has 2 aromatic carbocycles. The number of methoxy groups -OCH3 is 1. The van der Waals surface area contributed by atoms with Crippen molar-refractivity contribution in [3.05, 3.63) is 47.8 Å². The van der Waals surface area contributed by atoms with Gasteiger partial charge in [-0.25, -0.2) is 13.4 Å². The van der Waals surface area contributed by atoms with Gasteiger partial charge < -0.3 is 25.3 Å². The third-order valence-corrected chi connectivity index (χ3v) is 8.20. The fourth-order valence-corrected chi connectivity index (χ4v) is 5.50. The minimum atomic E-state index is -4.51. The number of aromatic nitrogens is 2. The summed E-state index contributed by atoms with van der Waals surface area (Å²) in [7, 11) is -0.461. The van der Waals surface area contributed by atoms with Gasteiger partial charge in [0.25, 0.3) is 5.91 Å². The summed E-state index contributed by atoms with van der Waals surface area (Å²) in [4.78, 5) is 31.3. The number of carbonyl (C=O) groups excluding carboxylic acids is 2. The number of anilines is 1. The van der Waals surface area contributed by atoms with E-state index >= 15 is 0 Å². The monoisotopic (exact) mass is 634 g/mol. The zero-order chi connectivity index (χ0) is 32.1. The number of sulfone groups is 1. The van der Waals surface area contributed by atoms with E-state index in [4.69, 9.17) is 4.74 Å². The van der Waals surface area contributed by atoms with E-state index in [1.807, 2.05) is 4.90 Å². The predicted molar refractivity (Wildman–Crippen MR) is 158 cm³/mol. The second-order valence-electron chi connectivity index (χ2n) is 10.4. The van der Waals surface area contributed by atoms with Crippen LogP contribution in [0.2, 0.25) is 0 Å². The molecule has 11 nitrogen and oxygen atoms in total. The number of amides is 2. The van der Waals surface area contributed by atoms with Crippen LogP contribution in [0.15, 0.2) is 41.6 Å². The van der Waals surface area contributed by atoms with Gasteiger partial charge in [0.1, 0.15) is 17.8 Å². The van der Waals surface area contributed by atoms with Crippen molar-refractivity contribution >= 4 is 38.4 Å². The zero-order valence-corrected chi connectivity index (χ0v) is 25.2. The molecule has 3 aromatic rings. The Labute approximate surface area is 253 Å². The molecule has 3 N–H and O–H groups in total. The number of imidazole rings is 1. The minimum absolute atomic E-state index is 0.0413. The first-order valence-electron chi connectivity index (χ1n) is 13.7. The largest absolute Gasteiger partial charge is 0.495 e. The van der Waals surface area contributed by atoms with Gasteiger partial charge >= 0.3 is 6.18 Å². The summed E-state index contributed by atoms with van der Waals surface area (Å²) >= 11 is 0. The van der Waals surface area contributed by atoms with Crippen LogP contribution in [0.4, 0.5) is 18.9 Å². The molecule has 0 spiro atoms. The first-order valence-corrected chi connectivity index (χ1v) is 15.6. The van der Waals surface area contributed by atoms with Gasteiger partial charge in [-0.3, -0.25) is 14.5 Å². The summed E-state index contributed by atoms with van der Waals surface area (Å²) in [5.41, 5.74) is 1.01. The maximum absolute atomic E-state index is 13.4. The second kappa shape index (κ2) is 13.6. The molecule has 1 saturated heterocycles. The number of ether oxygens (including phenoxy) is 1. The molecular formula is C29H33F3N6O5S. The van der Waals surface area contributed by atoms with Crippen LogP contribution in [0.25, 0.3) is 11.0 Å². The number of hydrogen-bond acceptors (Lipinski definition) is 8. The van der Waals surface area contributed by atoms with Crippen LogP contribution in [0.3, 0.4) is 0 Å². The molecule has 44 heavy (non-hydrogen) atoms. The van der Waals surface area contributed by atoms with Gasteiger partial charge in [-0.1, -0.05) is 11.8 Å². The maximum atomic E-state index is 13.4. The lowest BCUT2D eigenvalue weighted by atomic mass is 10.0. The SMILES string of the molecule is CNC(=O)CN1CCC(NC(=O)c2cc(C#CCNc3cc(S(C)(=O)=O)ccc3OC)cc3c2ncn3CC(F)(F)F)CC1. The number of carbonyl (C=O) groups is 2. The lowest BCUT2D eigenvalue weighted by Crippen LogP contribution is -2.47. The molecule has 15 heteroatoms. The highest BCUT2D eigenvalue weighted by molar-refractivity contribution is 7.90. The van der Waals surface area contributed by atoms with Gasteiger partial charge in [0.15, 0.2) is 9.84 Å². The molecular weight excluding hydrogens is 601 g/mol. The number of benzene rings is 2. The highest BCUT2D eigenvalue weighted by Gasteiger charge is 2.30. The Morgan fingerprint density at radius 1 is 1.16 bits per heavy atom. The van der Waals surface area contributed by atoms with Crippen LogP contribution in [0.5, 0.6) is 5.75 Å². The summed E-state index contributed by atoms with van der Waals surface area (Å²) in [6, 6.07) is 7.10. The molecule has 236 valence electrons. The molecule has 0 atom stereocenters. The van der Waals surface area contributed by atoms with Gasteiger partial charge in [0.05, 0.1) is 48.2 Å². The van der Waals surface area contributed by atoms with Crippen LogP contribution >= 0.6 is 0 Å². The highest BCUT2D eigenvalue weighted by atomic mass is 32.2. The van der Waals surface area contributed by atoms with Crippen molar-refractivity contribution in [1.29, 1.82) is 0 Å². The van der Waals surface area contributed by atoms with Gasteiger partial charge in [-0.05, 0) is 43.2 Å². The van der Waals surface area contributed by atoms with E-state index in [1.165, 1.54) is 37.4 Å². The topological polar surface area (TPSA) is 135 Å². The van der Waals surface area contributed by atoms with E-state index in [9.17, 15) is 31.2 Å². The van der Waals surface area contributed by atoms with Gasteiger partial charge in [0, 0.05) is 38.0 Å². The summed E-state index contributed by atoms with van der Waals surface area (Å²) in [6.45, 7) is 0.220. The van der Waals surface area contributed by atoms with Crippen molar-refractivity contribution < 1.29 is 35.9 Å². The zero-order valence-electron chi connectivity index (χ0n) is 24.4. The minimum Gasteiger partial charge on any atom is -0.495 e. The Hall–Kier alpha value is -4.29. The third-order valence-electron chi connectivity index (χ3n) is 7.09. The van der Waals surface area contributed by atoms with E-state index in [-0.39, 0.29) is 46.5 Å². The third kappa shape index (κ3) is 8.42. The average Bonchev–Trinajstić information content (AvgIpc) is 3.36. The standard InChI is InChI=1S/C29H33F3N6O5S/c1-33-26(39)16-37-11-8-20(9-12-37)36-28(40)22-13-19(14-24-27(22)35-18-38(24)17-29(30,31)32)5-4-10-34-23-15-21(44(3,41)42)6-7-25(23)43-2/h6-7,13-15,18,20,34H,8-12,16-17H2,1-3H3,(H,33,39)(H,36,40). The smallest absolute Gasteiger partial charge is 0.406 e. The first-order chi connectivity index (χ1) is 20.8. The number of likely N-dealkylation sites (tertiary alicyclic amines) is 1. The molecule has 2 amide bonds. The number of hydrogen-bond donors (Lipinski definition) is 3. The molecule has 0 saturated carbocycles. The van der Waals surface area contributed by atoms with Crippen molar-refractivity contribution in [2.24, 2.45) is 0 Å². The molecule has 1 aliphatic rings. The average molecular weight is 635 g/mol. The quantitative estimate of drug-likeness (QED) is 0.306. The van der Waals surface area contributed by atoms with E-state index < -0.39 is 28.5 Å². The van der Waals surface area contributed by atoms with Crippen LogP contribution in [0.1, 0.15) is 28.8 Å². The van der Waals surface area contributed by atoms with E-state index in [2.05, 4.69) is 32.8 Å². The summed E-state index contributed by atoms with van der Waals surface area (Å²) in [6.07, 6.45) is -1.18. The number of halogens is 3. The maximum Gasteiger partial charge on any atom is 0.406 e. The molecule has 0 radical (unpaired) electrons. The molecule has 0 unspecified atom stereocenters. The Morgan fingerprint density at radius 3 is 2.52 bits per heavy atom. The normalized spacial score (nSPS) is 14.5.